The van der Waals surface area contributed by atoms with Crippen LogP contribution in [0, 0.1) is 0 Å². The summed E-state index contributed by atoms with van der Waals surface area (Å²) in [6.45, 7) is 2.38. The number of nitrogens with one attached hydrogen (secondary N) is 2. The molecule has 2 N–H and O–H groups in total. The first-order valence-corrected chi connectivity index (χ1v) is 11.2. The van der Waals surface area contributed by atoms with Crippen LogP contribution in [-0.2, 0) is 4.74 Å². The Morgan fingerprint density at radius 1 is 0.969 bits per heavy atom. The van der Waals surface area contributed by atoms with Gasteiger partial charge < -0.3 is 19.7 Å². The van der Waals surface area contributed by atoms with E-state index in [9.17, 15) is 9.59 Å². The molecule has 0 saturated carbocycles. The number of hydrogen-bond donors (Lipinski definition) is 2. The van der Waals surface area contributed by atoms with Crippen molar-refractivity contribution in [3.05, 3.63) is 59.7 Å². The molecule has 8 heteroatoms. The third kappa shape index (κ3) is 6.77. The summed E-state index contributed by atoms with van der Waals surface area (Å²) < 4.78 is 10.6. The Kier molecular flexibility index (Phi) is 9.01. The van der Waals surface area contributed by atoms with Gasteiger partial charge in [0.2, 0.25) is 0 Å². The van der Waals surface area contributed by atoms with E-state index in [0.717, 1.165) is 25.9 Å². The van der Waals surface area contributed by atoms with E-state index in [2.05, 4.69) is 10.6 Å². The number of ether oxygens (including phenoxy) is 2. The number of nitrogens with zero attached hydrogens (tertiary/aromatic N) is 1. The number of carbonyl (C=O) groups is 2. The molecule has 0 radical (unpaired) electrons. The quantitative estimate of drug-likeness (QED) is 0.488. The minimum atomic E-state index is -0.372. The number of amides is 2. The van der Waals surface area contributed by atoms with Gasteiger partial charge in [0, 0.05) is 31.5 Å². The average molecular weight is 456 g/mol. The molecule has 1 heterocycles. The first-order valence-electron chi connectivity index (χ1n) is 10.8. The monoisotopic (exact) mass is 455 g/mol. The fourth-order valence-corrected chi connectivity index (χ4v) is 3.71. The Bertz CT molecular complexity index is 925. The molecule has 0 aliphatic carbocycles. The number of carbonyl (C=O) groups excluding carboxylic acids is 2. The molecule has 7 nitrogen and oxygen atoms in total. The minimum absolute atomic E-state index is 0.0550. The Hall–Kier alpha value is -2.97. The summed E-state index contributed by atoms with van der Waals surface area (Å²) in [5.74, 6) is 0.143. The largest absolute Gasteiger partial charge is 0.490 e. The van der Waals surface area contributed by atoms with Gasteiger partial charge in [0.05, 0.1) is 12.2 Å². The number of rotatable bonds is 7. The van der Waals surface area contributed by atoms with Gasteiger partial charge in [-0.1, -0.05) is 25.0 Å². The van der Waals surface area contributed by atoms with Gasteiger partial charge in [0.1, 0.15) is 12.4 Å². The molecule has 1 fully saturated rings. The van der Waals surface area contributed by atoms with Crippen LogP contribution in [0.25, 0.3) is 0 Å². The van der Waals surface area contributed by atoms with Crippen molar-refractivity contribution in [2.45, 2.75) is 25.7 Å². The molecule has 0 unspecified atom stereocenters. The van der Waals surface area contributed by atoms with Crippen LogP contribution in [0.1, 0.15) is 46.4 Å². The van der Waals surface area contributed by atoms with Crippen LogP contribution in [0.15, 0.2) is 48.5 Å². The molecular formula is C24H29N3O4S. The van der Waals surface area contributed by atoms with Gasteiger partial charge in [0.15, 0.2) is 5.11 Å². The van der Waals surface area contributed by atoms with Crippen LogP contribution in [0.4, 0.5) is 5.69 Å². The molecule has 0 spiro atoms. The topological polar surface area (TPSA) is 79.9 Å². The molecule has 2 aromatic carbocycles. The number of methoxy groups -OCH3 is 1. The maximum atomic E-state index is 12.7. The van der Waals surface area contributed by atoms with E-state index in [0.29, 0.717) is 35.8 Å². The summed E-state index contributed by atoms with van der Waals surface area (Å²) in [5.41, 5.74) is 1.72. The van der Waals surface area contributed by atoms with Gasteiger partial charge in [0.25, 0.3) is 11.8 Å². The van der Waals surface area contributed by atoms with E-state index >= 15 is 0 Å². The number of benzene rings is 2. The van der Waals surface area contributed by atoms with Crippen molar-refractivity contribution in [3.63, 3.8) is 0 Å². The minimum Gasteiger partial charge on any atom is -0.490 e. The van der Waals surface area contributed by atoms with Crippen molar-refractivity contribution in [2.24, 2.45) is 0 Å². The standard InChI is InChI=1S/C24H29N3O4S/c1-30-16-17-31-21-9-5-4-8-20(21)22(28)26-24(32)25-19-12-10-18(11-13-19)23(29)27-14-6-2-3-7-15-27/h4-5,8-13H,2-3,6-7,14-17H2,1H3,(H2,25,26,28,32). The lowest BCUT2D eigenvalue weighted by molar-refractivity contribution is 0.0761. The molecule has 2 aromatic rings. The highest BCUT2D eigenvalue weighted by atomic mass is 32.1. The van der Waals surface area contributed by atoms with E-state index in [1.807, 2.05) is 4.90 Å². The van der Waals surface area contributed by atoms with Gasteiger partial charge in [-0.2, -0.15) is 0 Å². The summed E-state index contributed by atoms with van der Waals surface area (Å²) in [6, 6.07) is 14.1. The SMILES string of the molecule is COCCOc1ccccc1C(=O)NC(=S)Nc1ccc(C(=O)N2CCCCCC2)cc1. The van der Waals surface area contributed by atoms with Gasteiger partial charge >= 0.3 is 0 Å². The number of thiocarbonyl (C=S) groups is 1. The van der Waals surface area contributed by atoms with Crippen LogP contribution in [0.2, 0.25) is 0 Å². The number of para-hydroxylation sites is 1. The molecule has 170 valence electrons. The predicted molar refractivity (Wildman–Crippen MR) is 128 cm³/mol. The molecule has 2 amide bonds. The van der Waals surface area contributed by atoms with Gasteiger partial charge in [-0.25, -0.2) is 0 Å². The van der Waals surface area contributed by atoms with Gasteiger partial charge in [-0.3, -0.25) is 14.9 Å². The summed E-state index contributed by atoms with van der Waals surface area (Å²) in [7, 11) is 1.59. The number of anilines is 1. The van der Waals surface area contributed by atoms with Gasteiger partial charge in [-0.05, 0) is 61.5 Å². The maximum absolute atomic E-state index is 12.7. The zero-order valence-corrected chi connectivity index (χ0v) is 19.1. The summed E-state index contributed by atoms with van der Waals surface area (Å²) >= 11 is 5.28. The lowest BCUT2D eigenvalue weighted by Crippen LogP contribution is -2.34. The molecular weight excluding hydrogens is 426 g/mol. The fourth-order valence-electron chi connectivity index (χ4n) is 3.50. The molecule has 1 saturated heterocycles. The average Bonchev–Trinajstić information content (AvgIpc) is 3.09. The highest BCUT2D eigenvalue weighted by molar-refractivity contribution is 7.80. The molecule has 32 heavy (non-hydrogen) atoms. The molecule has 1 aliphatic heterocycles. The van der Waals surface area contributed by atoms with Crippen LogP contribution < -0.4 is 15.4 Å². The predicted octanol–water partition coefficient (Wildman–Crippen LogP) is 3.85. The van der Waals surface area contributed by atoms with Crippen molar-refractivity contribution in [3.8, 4) is 5.75 Å². The summed E-state index contributed by atoms with van der Waals surface area (Å²) in [6.07, 6.45) is 4.47. The van der Waals surface area contributed by atoms with E-state index in [-0.39, 0.29) is 16.9 Å². The van der Waals surface area contributed by atoms with Crippen molar-refractivity contribution < 1.29 is 19.1 Å². The normalized spacial score (nSPS) is 13.7. The number of hydrogen-bond acceptors (Lipinski definition) is 5. The van der Waals surface area contributed by atoms with Crippen molar-refractivity contribution in [1.82, 2.24) is 10.2 Å². The lowest BCUT2D eigenvalue weighted by Gasteiger charge is -2.20. The molecule has 0 bridgehead atoms. The maximum Gasteiger partial charge on any atom is 0.261 e. The van der Waals surface area contributed by atoms with Crippen LogP contribution >= 0.6 is 12.2 Å². The zero-order valence-electron chi connectivity index (χ0n) is 18.3. The van der Waals surface area contributed by atoms with E-state index in [4.69, 9.17) is 21.7 Å². The van der Waals surface area contributed by atoms with E-state index in [1.54, 1.807) is 55.6 Å². The van der Waals surface area contributed by atoms with Crippen LogP contribution in [0.3, 0.4) is 0 Å². The lowest BCUT2D eigenvalue weighted by atomic mass is 10.1. The highest BCUT2D eigenvalue weighted by Crippen LogP contribution is 2.18. The van der Waals surface area contributed by atoms with Crippen LogP contribution in [0.5, 0.6) is 5.75 Å². The summed E-state index contributed by atoms with van der Waals surface area (Å²) in [4.78, 5) is 27.3. The third-order valence-electron chi connectivity index (χ3n) is 5.19. The van der Waals surface area contributed by atoms with Crippen LogP contribution in [-0.4, -0.2) is 55.2 Å². The Balaban J connectivity index is 1.56. The molecule has 0 aromatic heterocycles. The fraction of sp³-hybridized carbons (Fsp3) is 0.375. The summed E-state index contributed by atoms with van der Waals surface area (Å²) in [5, 5.41) is 5.81. The second-order valence-corrected chi connectivity index (χ2v) is 7.94. The van der Waals surface area contributed by atoms with E-state index < -0.39 is 0 Å². The second-order valence-electron chi connectivity index (χ2n) is 7.53. The Morgan fingerprint density at radius 2 is 1.66 bits per heavy atom. The van der Waals surface area contributed by atoms with Gasteiger partial charge in [-0.15, -0.1) is 0 Å². The van der Waals surface area contributed by atoms with Crippen molar-refractivity contribution in [1.29, 1.82) is 0 Å². The first kappa shape index (κ1) is 23.7. The molecule has 0 atom stereocenters. The Morgan fingerprint density at radius 3 is 2.34 bits per heavy atom. The smallest absolute Gasteiger partial charge is 0.261 e. The molecule has 3 rings (SSSR count). The highest BCUT2D eigenvalue weighted by Gasteiger charge is 2.17. The second kappa shape index (κ2) is 12.2. The Labute approximate surface area is 194 Å². The van der Waals surface area contributed by atoms with Crippen molar-refractivity contribution >= 4 is 34.8 Å². The zero-order chi connectivity index (χ0) is 22.8. The number of likely N-dealkylation sites (tertiary alicyclic amines) is 1. The first-order chi connectivity index (χ1) is 15.6. The van der Waals surface area contributed by atoms with Crippen molar-refractivity contribution in [2.75, 3.05) is 38.7 Å². The van der Waals surface area contributed by atoms with E-state index in [1.165, 1.54) is 12.8 Å². The molecule has 1 aliphatic rings. The third-order valence-corrected chi connectivity index (χ3v) is 5.39.